The van der Waals surface area contributed by atoms with Gasteiger partial charge in [-0.3, -0.25) is 4.79 Å². The summed E-state index contributed by atoms with van der Waals surface area (Å²) in [6.45, 7) is 2.30. The van der Waals surface area contributed by atoms with Gasteiger partial charge in [0.15, 0.2) is 11.5 Å². The summed E-state index contributed by atoms with van der Waals surface area (Å²) < 4.78 is 25.4. The van der Waals surface area contributed by atoms with E-state index >= 15 is 0 Å². The summed E-state index contributed by atoms with van der Waals surface area (Å²) in [7, 11) is 0. The number of para-hydroxylation sites is 1. The highest BCUT2D eigenvalue weighted by Crippen LogP contribution is 2.44. The summed E-state index contributed by atoms with van der Waals surface area (Å²) in [6.07, 6.45) is 0.678. The van der Waals surface area contributed by atoms with Crippen LogP contribution in [-0.2, 0) is 6.42 Å². The van der Waals surface area contributed by atoms with Gasteiger partial charge in [0, 0.05) is 22.4 Å². The van der Waals surface area contributed by atoms with Crippen LogP contribution in [0.3, 0.4) is 0 Å². The van der Waals surface area contributed by atoms with Crippen molar-refractivity contribution in [3.8, 4) is 22.1 Å². The Labute approximate surface area is 208 Å². The topological polar surface area (TPSA) is 60.5 Å². The van der Waals surface area contributed by atoms with Gasteiger partial charge in [-0.1, -0.05) is 18.2 Å². The second-order valence-electron chi connectivity index (χ2n) is 8.17. The molecule has 0 fully saturated rings. The van der Waals surface area contributed by atoms with Gasteiger partial charge in [-0.2, -0.15) is 0 Å². The van der Waals surface area contributed by atoms with Gasteiger partial charge in [-0.25, -0.2) is 9.37 Å². The Kier molecular flexibility index (Phi) is 5.47. The number of carbonyl (C=O) groups excluding carboxylic acids is 1. The zero-order chi connectivity index (χ0) is 23.9. The van der Waals surface area contributed by atoms with Crippen molar-refractivity contribution in [3.05, 3.63) is 94.1 Å². The minimum atomic E-state index is -0.380. The molecule has 3 heterocycles. The number of nitrogens with one attached hydrogen (secondary N) is 1. The van der Waals surface area contributed by atoms with Gasteiger partial charge in [-0.15, -0.1) is 22.7 Å². The number of thiazole rings is 1. The summed E-state index contributed by atoms with van der Waals surface area (Å²) in [5.41, 5.74) is 4.39. The Morgan fingerprint density at radius 3 is 2.66 bits per heavy atom. The molecule has 0 aliphatic carbocycles. The van der Waals surface area contributed by atoms with Crippen molar-refractivity contribution in [1.82, 2.24) is 4.98 Å². The molecule has 8 heteroatoms. The molecule has 0 radical (unpaired) electrons. The molecule has 6 rings (SSSR count). The second-order valence-corrected chi connectivity index (χ2v) is 10.3. The van der Waals surface area contributed by atoms with E-state index in [9.17, 15) is 9.18 Å². The maximum absolute atomic E-state index is 13.4. The van der Waals surface area contributed by atoms with Crippen molar-refractivity contribution in [2.45, 2.75) is 13.3 Å². The van der Waals surface area contributed by atoms with E-state index in [0.717, 1.165) is 53.3 Å². The van der Waals surface area contributed by atoms with Gasteiger partial charge in [0.25, 0.3) is 5.91 Å². The van der Waals surface area contributed by atoms with E-state index in [0.29, 0.717) is 12.0 Å². The second kappa shape index (κ2) is 8.79. The summed E-state index contributed by atoms with van der Waals surface area (Å²) >= 11 is 3.13. The fourth-order valence-corrected chi connectivity index (χ4v) is 6.44. The number of hydrogen-bond donors (Lipinski definition) is 1. The molecule has 0 saturated heterocycles. The minimum Gasteiger partial charge on any atom is -0.454 e. The van der Waals surface area contributed by atoms with Crippen LogP contribution in [-0.4, -0.2) is 17.7 Å². The van der Waals surface area contributed by atoms with Crippen LogP contribution in [0.5, 0.6) is 11.5 Å². The number of anilines is 1. The van der Waals surface area contributed by atoms with Gasteiger partial charge in [0.05, 0.1) is 10.2 Å². The Morgan fingerprint density at radius 1 is 1.03 bits per heavy atom. The predicted octanol–water partition coefficient (Wildman–Crippen LogP) is 7.04. The number of aromatic nitrogens is 1. The van der Waals surface area contributed by atoms with E-state index in [1.165, 1.54) is 35.6 Å². The molecule has 1 amide bonds. The van der Waals surface area contributed by atoms with E-state index in [2.05, 4.69) is 12.2 Å². The maximum Gasteiger partial charge on any atom is 0.256 e. The number of fused-ring (bicyclic) bond motifs is 2. The third kappa shape index (κ3) is 4.15. The monoisotopic (exact) mass is 502 g/mol. The lowest BCUT2D eigenvalue weighted by molar-refractivity contribution is 0.102. The highest BCUT2D eigenvalue weighted by atomic mass is 32.1. The van der Waals surface area contributed by atoms with Crippen molar-refractivity contribution in [1.29, 1.82) is 0 Å². The number of hydrogen-bond acceptors (Lipinski definition) is 6. The summed E-state index contributed by atoms with van der Waals surface area (Å²) in [6, 6.07) is 19.5. The van der Waals surface area contributed by atoms with E-state index in [1.807, 2.05) is 42.5 Å². The number of nitrogens with zero attached hydrogens (tertiary/aromatic N) is 1. The molecular formula is C27H19FN2O3S2. The highest BCUT2D eigenvalue weighted by molar-refractivity contribution is 7.23. The third-order valence-corrected chi connectivity index (χ3v) is 8.15. The lowest BCUT2D eigenvalue weighted by Gasteiger charge is -2.06. The molecule has 5 aromatic rings. The summed E-state index contributed by atoms with van der Waals surface area (Å²) in [5, 5.41) is 4.64. The van der Waals surface area contributed by atoms with E-state index < -0.39 is 0 Å². The lowest BCUT2D eigenvalue weighted by atomic mass is 10.1. The van der Waals surface area contributed by atoms with Gasteiger partial charge in [-0.05, 0) is 66.6 Å². The van der Waals surface area contributed by atoms with E-state index in [-0.39, 0.29) is 18.5 Å². The van der Waals surface area contributed by atoms with Crippen molar-refractivity contribution in [3.63, 3.8) is 0 Å². The first kappa shape index (κ1) is 21.8. The Bertz CT molecular complexity index is 1540. The number of rotatable bonds is 5. The molecule has 2 aromatic heterocycles. The van der Waals surface area contributed by atoms with Crippen molar-refractivity contribution < 1.29 is 18.7 Å². The molecule has 0 unspecified atom stereocenters. The molecule has 35 heavy (non-hydrogen) atoms. The van der Waals surface area contributed by atoms with Gasteiger partial charge in [0.2, 0.25) is 6.79 Å². The molecule has 5 nitrogen and oxygen atoms in total. The highest BCUT2D eigenvalue weighted by Gasteiger charge is 2.23. The largest absolute Gasteiger partial charge is 0.454 e. The fourth-order valence-electron chi connectivity index (χ4n) is 4.07. The Balaban J connectivity index is 1.40. The average Bonchev–Trinajstić information content (AvgIpc) is 3.56. The molecule has 1 N–H and O–H groups in total. The molecule has 1 aliphatic rings. The molecule has 174 valence electrons. The summed E-state index contributed by atoms with van der Waals surface area (Å²) in [4.78, 5) is 19.0. The molecule has 1 aliphatic heterocycles. The summed E-state index contributed by atoms with van der Waals surface area (Å²) in [5.74, 6) is 0.824. The lowest BCUT2D eigenvalue weighted by Crippen LogP contribution is -2.11. The van der Waals surface area contributed by atoms with Crippen LogP contribution in [0.25, 0.3) is 20.8 Å². The predicted molar refractivity (Wildman–Crippen MR) is 137 cm³/mol. The smallest absolute Gasteiger partial charge is 0.256 e. The normalized spacial score (nSPS) is 12.3. The molecular weight excluding hydrogens is 483 g/mol. The zero-order valence-electron chi connectivity index (χ0n) is 18.6. The van der Waals surface area contributed by atoms with Crippen molar-refractivity contribution >= 4 is 43.8 Å². The van der Waals surface area contributed by atoms with Gasteiger partial charge < -0.3 is 14.8 Å². The molecule has 0 saturated carbocycles. The Morgan fingerprint density at radius 2 is 1.83 bits per heavy atom. The number of halogens is 1. The molecule has 0 bridgehead atoms. The third-order valence-electron chi connectivity index (χ3n) is 5.89. The van der Waals surface area contributed by atoms with Gasteiger partial charge in [0.1, 0.15) is 15.8 Å². The molecule has 0 spiro atoms. The Hall–Kier alpha value is -3.75. The number of ether oxygens (including phenoxy) is 2. The van der Waals surface area contributed by atoms with Crippen LogP contribution in [0.4, 0.5) is 9.39 Å². The number of carbonyl (C=O) groups is 1. The van der Waals surface area contributed by atoms with Crippen LogP contribution in [0.15, 0.2) is 66.7 Å². The maximum atomic E-state index is 13.4. The number of thiophene rings is 1. The van der Waals surface area contributed by atoms with E-state index in [1.54, 1.807) is 11.3 Å². The van der Waals surface area contributed by atoms with E-state index in [4.69, 9.17) is 14.5 Å². The van der Waals surface area contributed by atoms with Gasteiger partial charge >= 0.3 is 0 Å². The first-order valence-corrected chi connectivity index (χ1v) is 12.6. The first-order valence-electron chi connectivity index (χ1n) is 11.0. The minimum absolute atomic E-state index is 0.234. The fraction of sp³-hybridized carbons (Fsp3) is 0.111. The standard InChI is InChI=1S/C27H19FN2O3S2/c1-15-23(13-16-6-11-20-21(12-16)33-14-32-20)35-27(30-25(31)17-7-9-18(28)10-8-17)24(15)26-29-19-4-2-3-5-22(19)34-26/h2-12H,13-14H2,1H3,(H,30,31). The quantitative estimate of drug-likeness (QED) is 0.280. The van der Waals surface area contributed by atoms with Crippen LogP contribution in [0, 0.1) is 12.7 Å². The van der Waals surface area contributed by atoms with Crippen LogP contribution >= 0.6 is 22.7 Å². The molecule has 0 atom stereocenters. The van der Waals surface area contributed by atoms with Crippen molar-refractivity contribution in [2.75, 3.05) is 12.1 Å². The van der Waals surface area contributed by atoms with Crippen molar-refractivity contribution in [2.24, 2.45) is 0 Å². The average molecular weight is 503 g/mol. The van der Waals surface area contributed by atoms with Crippen LogP contribution < -0.4 is 14.8 Å². The zero-order valence-corrected chi connectivity index (χ0v) is 20.3. The first-order chi connectivity index (χ1) is 17.0. The SMILES string of the molecule is Cc1c(Cc2ccc3c(c2)OCO3)sc(NC(=O)c2ccc(F)cc2)c1-c1nc2ccccc2s1. The number of amides is 1. The molecule has 3 aromatic carbocycles. The van der Waals surface area contributed by atoms with Crippen LogP contribution in [0.1, 0.15) is 26.4 Å². The van der Waals surface area contributed by atoms with Crippen LogP contribution in [0.2, 0.25) is 0 Å². The number of benzene rings is 3.